The van der Waals surface area contributed by atoms with Crippen LogP contribution in [0.25, 0.3) is 0 Å². The number of hydrogen-bond acceptors (Lipinski definition) is 4. The van der Waals surface area contributed by atoms with E-state index in [-0.39, 0.29) is 23.6 Å². The van der Waals surface area contributed by atoms with Gasteiger partial charge in [-0.25, -0.2) is 13.1 Å². The standard InChI is InChI=1S/C12H19F3N2O2S2/c1-16-9-6-10-4-5-11(20-10)21(18,19)17-8-3-2-7-12(13,14)15/h4-5,16-17H,2-3,6-9H2,1H3. The van der Waals surface area contributed by atoms with Gasteiger partial charge < -0.3 is 5.32 Å². The normalized spacial score (nSPS) is 12.8. The smallest absolute Gasteiger partial charge is 0.319 e. The maximum absolute atomic E-state index is 11.9. The topological polar surface area (TPSA) is 58.2 Å². The Morgan fingerprint density at radius 3 is 2.52 bits per heavy atom. The molecule has 122 valence electrons. The second-order valence-electron chi connectivity index (χ2n) is 4.54. The molecular weight excluding hydrogens is 325 g/mol. The molecular formula is C12H19F3N2O2S2. The largest absolute Gasteiger partial charge is 0.389 e. The van der Waals surface area contributed by atoms with Gasteiger partial charge >= 0.3 is 6.18 Å². The number of hydrogen-bond donors (Lipinski definition) is 2. The first-order valence-electron chi connectivity index (χ1n) is 6.54. The van der Waals surface area contributed by atoms with Crippen LogP contribution in [0.1, 0.15) is 24.1 Å². The summed E-state index contributed by atoms with van der Waals surface area (Å²) < 4.78 is 62.2. The van der Waals surface area contributed by atoms with Crippen LogP contribution in [0.4, 0.5) is 13.2 Å². The second-order valence-corrected chi connectivity index (χ2v) is 7.71. The van der Waals surface area contributed by atoms with Crippen LogP contribution in [-0.4, -0.2) is 34.7 Å². The lowest BCUT2D eigenvalue weighted by Crippen LogP contribution is -2.24. The van der Waals surface area contributed by atoms with Crippen LogP contribution in [0.5, 0.6) is 0 Å². The van der Waals surface area contributed by atoms with E-state index in [0.717, 1.165) is 17.8 Å². The van der Waals surface area contributed by atoms with Gasteiger partial charge in [-0.3, -0.25) is 0 Å². The van der Waals surface area contributed by atoms with Crippen molar-refractivity contribution in [3.05, 3.63) is 17.0 Å². The van der Waals surface area contributed by atoms with Crippen molar-refractivity contribution in [2.45, 2.75) is 36.1 Å². The molecule has 0 aromatic carbocycles. The molecule has 0 saturated carbocycles. The van der Waals surface area contributed by atoms with Gasteiger partial charge in [0.25, 0.3) is 0 Å². The first-order chi connectivity index (χ1) is 9.74. The Labute approximate surface area is 126 Å². The number of unbranched alkanes of at least 4 members (excludes halogenated alkanes) is 1. The molecule has 0 spiro atoms. The third-order valence-electron chi connectivity index (χ3n) is 2.70. The molecule has 0 saturated heterocycles. The highest BCUT2D eigenvalue weighted by molar-refractivity contribution is 7.91. The minimum Gasteiger partial charge on any atom is -0.319 e. The van der Waals surface area contributed by atoms with Gasteiger partial charge in [0.1, 0.15) is 4.21 Å². The fourth-order valence-corrected chi connectivity index (χ4v) is 4.09. The maximum atomic E-state index is 11.9. The fourth-order valence-electron chi connectivity index (χ4n) is 1.61. The molecule has 1 aromatic heterocycles. The van der Waals surface area contributed by atoms with E-state index in [0.29, 0.717) is 0 Å². The maximum Gasteiger partial charge on any atom is 0.389 e. The second kappa shape index (κ2) is 8.11. The predicted molar refractivity (Wildman–Crippen MR) is 77.0 cm³/mol. The third-order valence-corrected chi connectivity index (χ3v) is 5.80. The van der Waals surface area contributed by atoms with Gasteiger partial charge in [0.15, 0.2) is 0 Å². The summed E-state index contributed by atoms with van der Waals surface area (Å²) in [6.45, 7) is 0.771. The van der Waals surface area contributed by atoms with Crippen molar-refractivity contribution in [1.29, 1.82) is 0 Å². The van der Waals surface area contributed by atoms with Crippen LogP contribution in [0.15, 0.2) is 16.3 Å². The van der Waals surface area contributed by atoms with Crippen molar-refractivity contribution >= 4 is 21.4 Å². The number of nitrogens with one attached hydrogen (secondary N) is 2. The first-order valence-corrected chi connectivity index (χ1v) is 8.84. The molecule has 9 heteroatoms. The molecule has 0 atom stereocenters. The molecule has 0 aliphatic rings. The van der Waals surface area contributed by atoms with Gasteiger partial charge in [0.2, 0.25) is 10.0 Å². The van der Waals surface area contributed by atoms with Gasteiger partial charge in [-0.05, 0) is 45.0 Å². The summed E-state index contributed by atoms with van der Waals surface area (Å²) in [7, 11) is -1.80. The van der Waals surface area contributed by atoms with E-state index in [1.165, 1.54) is 17.4 Å². The van der Waals surface area contributed by atoms with Crippen LogP contribution in [0.2, 0.25) is 0 Å². The number of rotatable bonds is 9. The number of sulfonamides is 1. The van der Waals surface area contributed by atoms with E-state index in [9.17, 15) is 21.6 Å². The molecule has 2 N–H and O–H groups in total. The van der Waals surface area contributed by atoms with Gasteiger partial charge in [-0.2, -0.15) is 13.2 Å². The number of thiophene rings is 1. The molecule has 0 bridgehead atoms. The monoisotopic (exact) mass is 344 g/mol. The fraction of sp³-hybridized carbons (Fsp3) is 0.667. The third kappa shape index (κ3) is 7.25. The molecule has 1 rings (SSSR count). The summed E-state index contributed by atoms with van der Waals surface area (Å²) in [4.78, 5) is 0.946. The highest BCUT2D eigenvalue weighted by atomic mass is 32.2. The van der Waals surface area contributed by atoms with Crippen LogP contribution in [0, 0.1) is 0 Å². The Hall–Kier alpha value is -0.640. The van der Waals surface area contributed by atoms with Crippen molar-refractivity contribution in [3.63, 3.8) is 0 Å². The van der Waals surface area contributed by atoms with Crippen molar-refractivity contribution in [1.82, 2.24) is 10.0 Å². The minimum absolute atomic E-state index is 0.0160. The zero-order valence-electron chi connectivity index (χ0n) is 11.7. The van der Waals surface area contributed by atoms with E-state index in [1.807, 2.05) is 7.05 Å². The van der Waals surface area contributed by atoms with Crippen LogP contribution < -0.4 is 10.0 Å². The average molecular weight is 344 g/mol. The van der Waals surface area contributed by atoms with Crippen molar-refractivity contribution < 1.29 is 21.6 Å². The van der Waals surface area contributed by atoms with E-state index < -0.39 is 22.6 Å². The first kappa shape index (κ1) is 18.4. The quantitative estimate of drug-likeness (QED) is 0.677. The summed E-state index contributed by atoms with van der Waals surface area (Å²) in [5.74, 6) is 0. The lowest BCUT2D eigenvalue weighted by molar-refractivity contribution is -0.135. The predicted octanol–water partition coefficient (Wildman–Crippen LogP) is 2.52. The number of halogens is 3. The van der Waals surface area contributed by atoms with Crippen LogP contribution >= 0.6 is 11.3 Å². The van der Waals surface area contributed by atoms with Crippen molar-refractivity contribution in [2.75, 3.05) is 20.1 Å². The molecule has 0 radical (unpaired) electrons. The highest BCUT2D eigenvalue weighted by Gasteiger charge is 2.26. The van der Waals surface area contributed by atoms with Gasteiger partial charge in [0, 0.05) is 17.8 Å². The summed E-state index contributed by atoms with van der Waals surface area (Å²) in [5, 5.41) is 2.97. The lowest BCUT2D eigenvalue weighted by atomic mass is 10.2. The summed E-state index contributed by atoms with van der Waals surface area (Å²) in [6.07, 6.45) is -4.25. The van der Waals surface area contributed by atoms with Crippen molar-refractivity contribution in [2.24, 2.45) is 0 Å². The molecule has 4 nitrogen and oxygen atoms in total. The Morgan fingerprint density at radius 2 is 1.90 bits per heavy atom. The zero-order chi connectivity index (χ0) is 15.9. The molecule has 0 fully saturated rings. The van der Waals surface area contributed by atoms with E-state index in [2.05, 4.69) is 10.0 Å². The minimum atomic E-state index is -4.19. The Morgan fingerprint density at radius 1 is 1.19 bits per heavy atom. The van der Waals surface area contributed by atoms with Gasteiger partial charge in [0.05, 0.1) is 0 Å². The van der Waals surface area contributed by atoms with E-state index in [4.69, 9.17) is 0 Å². The van der Waals surface area contributed by atoms with E-state index in [1.54, 1.807) is 6.07 Å². The summed E-state index contributed by atoms with van der Waals surface area (Å²) >= 11 is 1.18. The Bertz CT molecular complexity index is 527. The Kier molecular flexibility index (Phi) is 7.11. The van der Waals surface area contributed by atoms with Crippen molar-refractivity contribution in [3.8, 4) is 0 Å². The number of alkyl halides is 3. The molecule has 0 amide bonds. The lowest BCUT2D eigenvalue weighted by Gasteiger charge is -2.07. The number of likely N-dealkylation sites (N-methyl/N-ethyl adjacent to an activating group) is 1. The average Bonchev–Trinajstić information content (AvgIpc) is 2.84. The van der Waals surface area contributed by atoms with Crippen LogP contribution in [0.3, 0.4) is 0 Å². The molecule has 1 aromatic rings. The molecule has 21 heavy (non-hydrogen) atoms. The highest BCUT2D eigenvalue weighted by Crippen LogP contribution is 2.23. The zero-order valence-corrected chi connectivity index (χ0v) is 13.3. The summed E-state index contributed by atoms with van der Waals surface area (Å²) in [5.41, 5.74) is 0. The molecule has 0 aliphatic carbocycles. The van der Waals surface area contributed by atoms with Crippen LogP contribution in [-0.2, 0) is 16.4 Å². The summed E-state index contributed by atoms with van der Waals surface area (Å²) in [6, 6.07) is 3.27. The van der Waals surface area contributed by atoms with Gasteiger partial charge in [-0.15, -0.1) is 11.3 Å². The molecule has 1 heterocycles. The SMILES string of the molecule is CNCCc1ccc(S(=O)(=O)NCCCCC(F)(F)F)s1. The molecule has 0 aliphatic heterocycles. The molecule has 0 unspecified atom stereocenters. The van der Waals surface area contributed by atoms with Gasteiger partial charge in [-0.1, -0.05) is 0 Å². The Balaban J connectivity index is 2.41. The van der Waals surface area contributed by atoms with E-state index >= 15 is 0 Å².